The van der Waals surface area contributed by atoms with Gasteiger partial charge in [-0.1, -0.05) is 36.4 Å². The van der Waals surface area contributed by atoms with Crippen molar-refractivity contribution in [2.45, 2.75) is 23.2 Å². The van der Waals surface area contributed by atoms with Crippen LogP contribution in [0.3, 0.4) is 0 Å². The predicted molar refractivity (Wildman–Crippen MR) is 113 cm³/mol. The largest absolute Gasteiger partial charge is 2.00 e. The molecule has 1 unspecified atom stereocenters. The molecule has 0 radical (unpaired) electrons. The van der Waals surface area contributed by atoms with Crippen LogP contribution in [-0.2, 0) is 32.8 Å². The standard InChI is InChI=1S/C20H18F3N3O3S2.W/c1-19(29,8-9-24-11-27)16-7-6-15(31-16)14(28)10-30-17-12-4-2-3-5-13(12)25-18(26-17)20(21,22)23;/h2-7,27,29H,1,8-11H2;/q-2;+2. The van der Waals surface area contributed by atoms with E-state index in [0.29, 0.717) is 15.1 Å². The summed E-state index contributed by atoms with van der Waals surface area (Å²) in [6.07, 6.45) is -4.53. The fraction of sp³-hybridized carbons (Fsp3) is 0.300. The molecule has 0 saturated carbocycles. The van der Waals surface area contributed by atoms with Crippen LogP contribution >= 0.6 is 23.1 Å². The van der Waals surface area contributed by atoms with Crippen molar-refractivity contribution in [2.75, 3.05) is 19.0 Å². The second-order valence-electron chi connectivity index (χ2n) is 6.61. The van der Waals surface area contributed by atoms with Crippen LogP contribution in [0.15, 0.2) is 41.4 Å². The van der Waals surface area contributed by atoms with Gasteiger partial charge in [0.25, 0.3) is 0 Å². The van der Waals surface area contributed by atoms with Crippen LogP contribution in [0.5, 0.6) is 0 Å². The van der Waals surface area contributed by atoms with Gasteiger partial charge in [-0.25, -0.2) is 9.97 Å². The third kappa shape index (κ3) is 6.58. The van der Waals surface area contributed by atoms with Crippen LogP contribution in [0.25, 0.3) is 16.2 Å². The van der Waals surface area contributed by atoms with Crippen LogP contribution in [0, 0.1) is 6.92 Å². The van der Waals surface area contributed by atoms with Gasteiger partial charge in [0, 0.05) is 10.3 Å². The van der Waals surface area contributed by atoms with Gasteiger partial charge < -0.3 is 22.5 Å². The van der Waals surface area contributed by atoms with E-state index in [9.17, 15) is 23.1 Å². The summed E-state index contributed by atoms with van der Waals surface area (Å²) >= 11 is 1.96. The summed E-state index contributed by atoms with van der Waals surface area (Å²) in [7, 11) is 0. The molecule has 32 heavy (non-hydrogen) atoms. The fourth-order valence-electron chi connectivity index (χ4n) is 2.69. The van der Waals surface area contributed by atoms with Gasteiger partial charge >= 0.3 is 27.2 Å². The van der Waals surface area contributed by atoms with Crippen LogP contribution in [0.1, 0.15) is 26.8 Å². The molecular formula is C20H18F3N3O3S2W. The zero-order valence-electron chi connectivity index (χ0n) is 16.5. The number of carbonyl (C=O) groups is 1. The Morgan fingerprint density at radius 2 is 1.91 bits per heavy atom. The molecular weight excluding hydrogens is 635 g/mol. The van der Waals surface area contributed by atoms with E-state index in [4.69, 9.17) is 5.11 Å². The Balaban J connectivity index is 0.00000363. The van der Waals surface area contributed by atoms with Crippen LogP contribution in [-0.4, -0.2) is 45.0 Å². The smallest absolute Gasteiger partial charge is 0.640 e. The van der Waals surface area contributed by atoms with Crippen LogP contribution < -0.4 is 0 Å². The van der Waals surface area contributed by atoms with Gasteiger partial charge in [0.2, 0.25) is 5.82 Å². The van der Waals surface area contributed by atoms with E-state index >= 15 is 0 Å². The summed E-state index contributed by atoms with van der Waals surface area (Å²) < 4.78 is 39.4. The molecule has 170 valence electrons. The van der Waals surface area contributed by atoms with Crippen molar-refractivity contribution in [1.29, 1.82) is 0 Å². The number of halogens is 3. The summed E-state index contributed by atoms with van der Waals surface area (Å²) in [5.74, 6) is -1.70. The first-order valence-electron chi connectivity index (χ1n) is 9.04. The maximum atomic E-state index is 13.1. The molecule has 0 fully saturated rings. The van der Waals surface area contributed by atoms with Gasteiger partial charge in [-0.15, -0.1) is 17.9 Å². The number of thioether (sulfide) groups is 1. The Morgan fingerprint density at radius 3 is 2.59 bits per heavy atom. The maximum absolute atomic E-state index is 13.1. The topological polar surface area (TPSA) is 97.4 Å². The maximum Gasteiger partial charge on any atom is 2.00 e. The predicted octanol–water partition coefficient (Wildman–Crippen LogP) is 4.42. The number of hydrogen-bond donors (Lipinski definition) is 2. The number of aliphatic hydroxyl groups is 2. The van der Waals surface area contributed by atoms with Gasteiger partial charge in [0.15, 0.2) is 5.78 Å². The SMILES string of the molecule is [CH2-]C(O)(CC[N-]CO)c1ccc(C(=O)CSc2nc(C(F)(F)F)nc3ccccc23)s1.[W+2]. The van der Waals surface area contributed by atoms with E-state index in [0.717, 1.165) is 23.1 Å². The zero-order chi connectivity index (χ0) is 22.6. The van der Waals surface area contributed by atoms with E-state index in [-0.39, 0.29) is 62.8 Å². The number of benzene rings is 1. The van der Waals surface area contributed by atoms with E-state index in [1.807, 2.05) is 0 Å². The molecule has 12 heteroatoms. The first-order valence-corrected chi connectivity index (χ1v) is 10.8. The molecule has 0 aliphatic heterocycles. The van der Waals surface area contributed by atoms with Gasteiger partial charge in [0.1, 0.15) is 5.03 Å². The normalized spacial score (nSPS) is 13.6. The number of aromatic nitrogens is 2. The molecule has 0 spiro atoms. The summed E-state index contributed by atoms with van der Waals surface area (Å²) in [5, 5.41) is 23.4. The number of rotatable bonds is 9. The van der Waals surface area contributed by atoms with E-state index < -0.39 is 17.6 Å². The third-order valence-corrected chi connectivity index (χ3v) is 6.60. The number of alkyl halides is 3. The molecule has 3 aromatic rings. The van der Waals surface area contributed by atoms with E-state index in [2.05, 4.69) is 22.2 Å². The van der Waals surface area contributed by atoms with Crippen molar-refractivity contribution in [3.63, 3.8) is 0 Å². The number of ketones is 1. The number of aliphatic hydroxyl groups excluding tert-OH is 1. The van der Waals surface area contributed by atoms with Crippen molar-refractivity contribution < 1.29 is 49.2 Å². The minimum Gasteiger partial charge on any atom is -0.640 e. The van der Waals surface area contributed by atoms with Crippen molar-refractivity contribution in [1.82, 2.24) is 9.97 Å². The summed E-state index contributed by atoms with van der Waals surface area (Å²) in [6, 6.07) is 9.43. The van der Waals surface area contributed by atoms with E-state index in [1.54, 1.807) is 30.3 Å². The first kappa shape index (κ1) is 26.9. The molecule has 3 rings (SSSR count). The Morgan fingerprint density at radius 1 is 1.19 bits per heavy atom. The van der Waals surface area contributed by atoms with Crippen molar-refractivity contribution in [3.05, 3.63) is 64.2 Å². The minimum absolute atomic E-state index is 0. The molecule has 0 aliphatic rings. The van der Waals surface area contributed by atoms with Crippen LogP contribution in [0.4, 0.5) is 13.2 Å². The first-order chi connectivity index (χ1) is 14.6. The molecule has 0 saturated heterocycles. The number of thiophene rings is 1. The second kappa shape index (κ2) is 11.2. The number of nitrogens with zero attached hydrogens (tertiary/aromatic N) is 3. The van der Waals surface area contributed by atoms with Crippen molar-refractivity contribution >= 4 is 39.8 Å². The Bertz CT molecular complexity index is 1080. The number of carbonyl (C=O) groups excluding carboxylic acids is 1. The summed E-state index contributed by atoms with van der Waals surface area (Å²) in [4.78, 5) is 20.6. The third-order valence-electron chi connectivity index (χ3n) is 4.28. The minimum atomic E-state index is -4.70. The Labute approximate surface area is 204 Å². The summed E-state index contributed by atoms with van der Waals surface area (Å²) in [6.45, 7) is 3.58. The average Bonchev–Trinajstić information content (AvgIpc) is 3.22. The molecule has 1 aromatic carbocycles. The van der Waals surface area contributed by atoms with Crippen LogP contribution in [0.2, 0.25) is 0 Å². The quantitative estimate of drug-likeness (QED) is 0.117. The number of para-hydroxylation sites is 1. The molecule has 2 heterocycles. The Hall–Kier alpha value is -1.36. The molecule has 0 aliphatic carbocycles. The van der Waals surface area contributed by atoms with Gasteiger partial charge in [-0.3, -0.25) is 4.79 Å². The zero-order valence-corrected chi connectivity index (χ0v) is 21.1. The second-order valence-corrected chi connectivity index (χ2v) is 8.66. The van der Waals surface area contributed by atoms with Gasteiger partial charge in [-0.05, 0) is 30.5 Å². The number of hydrogen-bond acceptors (Lipinski definition) is 7. The van der Waals surface area contributed by atoms with Crippen molar-refractivity contribution in [2.24, 2.45) is 0 Å². The molecule has 0 amide bonds. The molecule has 0 bridgehead atoms. The average molecular weight is 653 g/mol. The fourth-order valence-corrected chi connectivity index (χ4v) is 4.67. The van der Waals surface area contributed by atoms with Gasteiger partial charge in [-0.2, -0.15) is 13.2 Å². The molecule has 1 atom stereocenters. The molecule has 2 N–H and O–H groups in total. The molecule has 2 aromatic heterocycles. The number of fused-ring (bicyclic) bond motifs is 1. The van der Waals surface area contributed by atoms with E-state index in [1.165, 1.54) is 6.07 Å². The summed E-state index contributed by atoms with van der Waals surface area (Å²) in [5.41, 5.74) is -1.31. The Kier molecular flexibility index (Phi) is 9.39. The monoisotopic (exact) mass is 653 g/mol. The number of Topliss-reactive ketones (excluding diaryl/α,β-unsaturated/α-hetero) is 1. The van der Waals surface area contributed by atoms with Gasteiger partial charge in [0.05, 0.1) is 16.1 Å². The molecule has 6 nitrogen and oxygen atoms in total. The van der Waals surface area contributed by atoms with Crippen molar-refractivity contribution in [3.8, 4) is 0 Å².